The van der Waals surface area contributed by atoms with Crippen LogP contribution in [-0.4, -0.2) is 42.8 Å². The van der Waals surface area contributed by atoms with Gasteiger partial charge < -0.3 is 9.30 Å². The zero-order valence-electron chi connectivity index (χ0n) is 20.0. The maximum atomic E-state index is 13.0. The molecule has 0 radical (unpaired) electrons. The Morgan fingerprint density at radius 3 is 2.33 bits per heavy atom. The highest BCUT2D eigenvalue weighted by atomic mass is 32.2. The molecule has 0 saturated carbocycles. The van der Waals surface area contributed by atoms with Gasteiger partial charge in [0.1, 0.15) is 0 Å². The van der Waals surface area contributed by atoms with E-state index >= 15 is 0 Å². The standard InChI is InChI=1S/C26H25N3O5S2/c1-4-34-25(31)20-12-15-22-23(16-20)35-26(29(22)3)27-24(30)19-10-13-21(14-11-19)36(32,33)28(2)17-18-8-6-5-7-9-18/h5-16H,4,17H2,1-3H3. The molecule has 0 unspecified atom stereocenters. The van der Waals surface area contributed by atoms with Crippen LogP contribution in [0.2, 0.25) is 0 Å². The third kappa shape index (κ3) is 5.30. The van der Waals surface area contributed by atoms with Gasteiger partial charge in [-0.2, -0.15) is 9.30 Å². The van der Waals surface area contributed by atoms with Gasteiger partial charge in [0.05, 0.1) is 27.3 Å². The van der Waals surface area contributed by atoms with E-state index in [1.54, 1.807) is 36.7 Å². The van der Waals surface area contributed by atoms with Crippen LogP contribution in [0.4, 0.5) is 0 Å². The van der Waals surface area contributed by atoms with Crippen LogP contribution in [0.25, 0.3) is 10.2 Å². The lowest BCUT2D eigenvalue weighted by molar-refractivity contribution is 0.0526. The van der Waals surface area contributed by atoms with Crippen LogP contribution in [0.3, 0.4) is 0 Å². The van der Waals surface area contributed by atoms with Crippen LogP contribution in [0.1, 0.15) is 33.2 Å². The second-order valence-corrected chi connectivity index (χ2v) is 11.1. The molecule has 0 aliphatic rings. The van der Waals surface area contributed by atoms with Crippen molar-refractivity contribution < 1.29 is 22.7 Å². The molecule has 10 heteroatoms. The Hall–Kier alpha value is -3.60. The number of rotatable bonds is 7. The first-order valence-electron chi connectivity index (χ1n) is 11.2. The quantitative estimate of drug-likeness (QED) is 0.341. The van der Waals surface area contributed by atoms with Crippen LogP contribution >= 0.6 is 11.3 Å². The molecule has 1 amide bonds. The van der Waals surface area contributed by atoms with E-state index < -0.39 is 21.9 Å². The second-order valence-electron chi connectivity index (χ2n) is 8.03. The second kappa shape index (κ2) is 10.6. The van der Waals surface area contributed by atoms with Gasteiger partial charge >= 0.3 is 5.97 Å². The van der Waals surface area contributed by atoms with E-state index in [9.17, 15) is 18.0 Å². The average Bonchev–Trinajstić information content (AvgIpc) is 3.19. The van der Waals surface area contributed by atoms with E-state index in [2.05, 4.69) is 4.99 Å². The Kier molecular flexibility index (Phi) is 7.48. The minimum absolute atomic E-state index is 0.0939. The molecule has 1 aromatic heterocycles. The highest BCUT2D eigenvalue weighted by molar-refractivity contribution is 7.89. The van der Waals surface area contributed by atoms with Crippen molar-refractivity contribution in [2.75, 3.05) is 13.7 Å². The fourth-order valence-corrected chi connectivity index (χ4v) is 5.82. The van der Waals surface area contributed by atoms with Crippen molar-refractivity contribution in [3.8, 4) is 0 Å². The number of aryl methyl sites for hydroxylation is 1. The molecule has 0 saturated heterocycles. The number of ether oxygens (including phenoxy) is 1. The SMILES string of the molecule is CCOC(=O)c1ccc2c(c1)sc(=NC(=O)c1ccc(S(=O)(=O)N(C)Cc3ccccc3)cc1)n2C. The minimum atomic E-state index is -3.73. The molecule has 0 spiro atoms. The zero-order chi connectivity index (χ0) is 25.9. The smallest absolute Gasteiger partial charge is 0.338 e. The molecular formula is C26H25N3O5S2. The minimum Gasteiger partial charge on any atom is -0.462 e. The first-order valence-corrected chi connectivity index (χ1v) is 13.4. The third-order valence-corrected chi connectivity index (χ3v) is 8.49. The Morgan fingerprint density at radius 1 is 1.00 bits per heavy atom. The van der Waals surface area contributed by atoms with Crippen LogP contribution in [0, 0.1) is 0 Å². The lowest BCUT2D eigenvalue weighted by Gasteiger charge is -2.17. The van der Waals surface area contributed by atoms with Gasteiger partial charge in [0, 0.05) is 26.2 Å². The number of thiazole rings is 1. The van der Waals surface area contributed by atoms with Gasteiger partial charge in [-0.3, -0.25) is 4.79 Å². The maximum absolute atomic E-state index is 13.0. The molecule has 3 aromatic carbocycles. The number of carbonyl (C=O) groups excluding carboxylic acids is 2. The summed E-state index contributed by atoms with van der Waals surface area (Å²) >= 11 is 1.27. The molecule has 186 valence electrons. The molecule has 1 heterocycles. The highest BCUT2D eigenvalue weighted by Gasteiger charge is 2.21. The summed E-state index contributed by atoms with van der Waals surface area (Å²) in [6, 6.07) is 20.2. The number of amides is 1. The summed E-state index contributed by atoms with van der Waals surface area (Å²) in [6.07, 6.45) is 0. The number of nitrogens with zero attached hydrogens (tertiary/aromatic N) is 3. The van der Waals surface area contributed by atoms with Crippen molar-refractivity contribution >= 4 is 43.5 Å². The molecule has 4 aromatic rings. The molecule has 0 bridgehead atoms. The topological polar surface area (TPSA) is 98.0 Å². The van der Waals surface area contributed by atoms with E-state index in [4.69, 9.17) is 4.74 Å². The van der Waals surface area contributed by atoms with Gasteiger partial charge in [0.2, 0.25) is 10.0 Å². The van der Waals surface area contributed by atoms with E-state index in [0.717, 1.165) is 15.8 Å². The van der Waals surface area contributed by atoms with Gasteiger partial charge in [-0.25, -0.2) is 13.2 Å². The summed E-state index contributed by atoms with van der Waals surface area (Å²) in [5.41, 5.74) is 2.39. The molecule has 0 N–H and O–H groups in total. The summed E-state index contributed by atoms with van der Waals surface area (Å²) < 4.78 is 34.8. The van der Waals surface area contributed by atoms with Gasteiger partial charge in [0.25, 0.3) is 5.91 Å². The fourth-order valence-electron chi connectivity index (χ4n) is 3.61. The fraction of sp³-hybridized carbons (Fsp3) is 0.192. The first kappa shape index (κ1) is 25.5. The summed E-state index contributed by atoms with van der Waals surface area (Å²) in [6.45, 7) is 2.27. The number of sulfonamides is 1. The molecule has 0 fully saturated rings. The van der Waals surface area contributed by atoms with Crippen LogP contribution in [0.5, 0.6) is 0 Å². The molecule has 0 aliphatic carbocycles. The van der Waals surface area contributed by atoms with Crippen molar-refractivity contribution in [2.24, 2.45) is 12.0 Å². The van der Waals surface area contributed by atoms with E-state index in [0.29, 0.717) is 10.4 Å². The van der Waals surface area contributed by atoms with Crippen molar-refractivity contribution in [1.29, 1.82) is 0 Å². The number of aromatic nitrogens is 1. The largest absolute Gasteiger partial charge is 0.462 e. The normalized spacial score (nSPS) is 12.3. The first-order chi connectivity index (χ1) is 17.2. The lowest BCUT2D eigenvalue weighted by Crippen LogP contribution is -2.26. The number of esters is 1. The van der Waals surface area contributed by atoms with Crippen molar-refractivity contribution in [1.82, 2.24) is 8.87 Å². The number of fused-ring (bicyclic) bond motifs is 1. The predicted octanol–water partition coefficient (Wildman–Crippen LogP) is 3.98. The molecule has 0 atom stereocenters. The summed E-state index contributed by atoms with van der Waals surface area (Å²) in [5.74, 6) is -0.904. The molecule has 36 heavy (non-hydrogen) atoms. The average molecular weight is 524 g/mol. The Balaban J connectivity index is 1.56. The molecule has 8 nitrogen and oxygen atoms in total. The van der Waals surface area contributed by atoms with Crippen LogP contribution in [-0.2, 0) is 28.4 Å². The number of carbonyl (C=O) groups is 2. The van der Waals surface area contributed by atoms with Crippen molar-refractivity contribution in [3.63, 3.8) is 0 Å². The van der Waals surface area contributed by atoms with E-state index in [-0.39, 0.29) is 23.6 Å². The third-order valence-electron chi connectivity index (χ3n) is 5.58. The van der Waals surface area contributed by atoms with Gasteiger partial charge in [-0.15, -0.1) is 0 Å². The highest BCUT2D eigenvalue weighted by Crippen LogP contribution is 2.20. The summed E-state index contributed by atoms with van der Waals surface area (Å²) in [4.78, 5) is 29.6. The summed E-state index contributed by atoms with van der Waals surface area (Å²) in [5, 5.41) is 0. The van der Waals surface area contributed by atoms with Gasteiger partial charge in [0.15, 0.2) is 4.80 Å². The maximum Gasteiger partial charge on any atom is 0.338 e. The Labute approximate surface area is 213 Å². The number of benzene rings is 3. The monoisotopic (exact) mass is 523 g/mol. The summed E-state index contributed by atoms with van der Waals surface area (Å²) in [7, 11) is -0.422. The zero-order valence-corrected chi connectivity index (χ0v) is 21.7. The Bertz CT molecular complexity index is 1590. The van der Waals surface area contributed by atoms with Gasteiger partial charge in [-0.05, 0) is 55.0 Å². The van der Waals surface area contributed by atoms with Crippen molar-refractivity contribution in [2.45, 2.75) is 18.4 Å². The number of hydrogen-bond donors (Lipinski definition) is 0. The Morgan fingerprint density at radius 2 is 1.67 bits per heavy atom. The lowest BCUT2D eigenvalue weighted by atomic mass is 10.2. The van der Waals surface area contributed by atoms with Crippen LogP contribution in [0.15, 0.2) is 82.7 Å². The molecule has 0 aliphatic heterocycles. The van der Waals surface area contributed by atoms with Gasteiger partial charge in [-0.1, -0.05) is 41.7 Å². The molecular weight excluding hydrogens is 498 g/mol. The molecule has 4 rings (SSSR count). The van der Waals surface area contributed by atoms with Crippen LogP contribution < -0.4 is 4.80 Å². The van der Waals surface area contributed by atoms with Crippen molar-refractivity contribution in [3.05, 3.63) is 94.3 Å². The van der Waals surface area contributed by atoms with E-state index in [1.165, 1.54) is 47.0 Å². The van der Waals surface area contributed by atoms with E-state index in [1.807, 2.05) is 30.3 Å². The number of hydrogen-bond acceptors (Lipinski definition) is 6. The predicted molar refractivity (Wildman–Crippen MR) is 138 cm³/mol.